The molecule has 1 aliphatic carbocycles. The van der Waals surface area contributed by atoms with Gasteiger partial charge in [0.15, 0.2) is 5.82 Å². The molecule has 4 aromatic rings. The number of carbonyl (C=O) groups is 2. The average molecular weight is 638 g/mol. The van der Waals surface area contributed by atoms with Crippen LogP contribution >= 0.6 is 0 Å². The molecule has 0 unspecified atom stereocenters. The van der Waals surface area contributed by atoms with E-state index < -0.39 is 29.3 Å². The van der Waals surface area contributed by atoms with Crippen molar-refractivity contribution in [2.45, 2.75) is 50.7 Å². The van der Waals surface area contributed by atoms with Gasteiger partial charge >= 0.3 is 12.2 Å². The zero-order valence-corrected chi connectivity index (χ0v) is 24.6. The summed E-state index contributed by atoms with van der Waals surface area (Å²) in [5.74, 6) is 0.552. The lowest BCUT2D eigenvalue weighted by molar-refractivity contribution is -0.137. The van der Waals surface area contributed by atoms with E-state index in [1.54, 1.807) is 12.1 Å². The Kier molecular flexibility index (Phi) is 8.86. The van der Waals surface area contributed by atoms with E-state index in [1.165, 1.54) is 10.5 Å². The molecule has 0 radical (unpaired) electrons. The molecule has 1 aromatic heterocycles. The normalized spacial score (nSPS) is 18.0. The minimum atomic E-state index is -4.84. The smallest absolute Gasteiger partial charge is 0.418 e. The fraction of sp³-hybridized carbons (Fsp3) is 0.344. The standard InChI is InChI=1S/C32H31F4N7O3/c33-24-10-11-26(25(17-24)32(34,35)36)38-31(45)43-13-14-46-28-16-23(9-12-27(28)43)22-7-5-21(6-8-22)20-3-1-19(2-4-20)15-30(44)37-18-29-39-41-42-40-29/h5-12,16-17,19-20H,1-4,13-15,18H2,(H,37,44)(H,38,45)(H,39,40,41,42). The highest BCUT2D eigenvalue weighted by Crippen LogP contribution is 2.40. The monoisotopic (exact) mass is 637 g/mol. The van der Waals surface area contributed by atoms with Crippen LogP contribution in [0.2, 0.25) is 0 Å². The maximum absolute atomic E-state index is 13.5. The first-order valence-electron chi connectivity index (χ1n) is 15.0. The van der Waals surface area contributed by atoms with E-state index >= 15 is 0 Å². The Labute approximate surface area is 261 Å². The number of benzene rings is 3. The Morgan fingerprint density at radius 1 is 0.978 bits per heavy atom. The van der Waals surface area contributed by atoms with Crippen LogP contribution in [-0.4, -0.2) is 45.7 Å². The van der Waals surface area contributed by atoms with Gasteiger partial charge in [-0.05, 0) is 84.5 Å². The van der Waals surface area contributed by atoms with E-state index in [-0.39, 0.29) is 25.6 Å². The van der Waals surface area contributed by atoms with Gasteiger partial charge in [0.25, 0.3) is 0 Å². The molecule has 3 N–H and O–H groups in total. The molecule has 0 saturated heterocycles. The van der Waals surface area contributed by atoms with Crippen molar-refractivity contribution < 1.29 is 31.9 Å². The van der Waals surface area contributed by atoms with Gasteiger partial charge in [0.1, 0.15) is 18.2 Å². The highest BCUT2D eigenvalue weighted by atomic mass is 19.4. The van der Waals surface area contributed by atoms with Crippen LogP contribution in [0.1, 0.15) is 55.0 Å². The van der Waals surface area contributed by atoms with Crippen LogP contribution in [0, 0.1) is 11.7 Å². The molecule has 0 bridgehead atoms. The molecule has 2 aliphatic rings. The Balaban J connectivity index is 1.06. The predicted molar refractivity (Wildman–Crippen MR) is 160 cm³/mol. The lowest BCUT2D eigenvalue weighted by Gasteiger charge is -2.30. The summed E-state index contributed by atoms with van der Waals surface area (Å²) in [4.78, 5) is 26.7. The highest BCUT2D eigenvalue weighted by molar-refractivity contribution is 6.03. The minimum absolute atomic E-state index is 0.0150. The van der Waals surface area contributed by atoms with Gasteiger partial charge in [0.05, 0.1) is 30.0 Å². The van der Waals surface area contributed by atoms with Gasteiger partial charge in [-0.3, -0.25) is 9.69 Å². The van der Waals surface area contributed by atoms with E-state index in [0.717, 1.165) is 48.9 Å². The summed E-state index contributed by atoms with van der Waals surface area (Å²) >= 11 is 0. The Bertz CT molecular complexity index is 1690. The van der Waals surface area contributed by atoms with Gasteiger partial charge in [-0.15, -0.1) is 10.2 Å². The van der Waals surface area contributed by atoms with Crippen molar-refractivity contribution in [1.82, 2.24) is 25.9 Å². The number of nitrogens with zero attached hydrogens (tertiary/aromatic N) is 4. The van der Waals surface area contributed by atoms with Crippen LogP contribution in [0.5, 0.6) is 5.75 Å². The number of tetrazole rings is 1. The molecule has 0 spiro atoms. The summed E-state index contributed by atoms with van der Waals surface area (Å²) in [6.45, 7) is 0.536. The summed E-state index contributed by atoms with van der Waals surface area (Å²) < 4.78 is 59.7. The highest BCUT2D eigenvalue weighted by Gasteiger charge is 2.35. The zero-order chi connectivity index (χ0) is 32.3. The molecule has 3 aromatic carbocycles. The van der Waals surface area contributed by atoms with Crippen LogP contribution in [0.4, 0.5) is 33.7 Å². The van der Waals surface area contributed by atoms with E-state index in [9.17, 15) is 27.2 Å². The number of anilines is 2. The first-order chi connectivity index (χ1) is 22.1. The van der Waals surface area contributed by atoms with Crippen LogP contribution in [0.15, 0.2) is 60.7 Å². The molecule has 1 fully saturated rings. The number of H-pyrrole nitrogens is 1. The molecule has 1 saturated carbocycles. The van der Waals surface area contributed by atoms with Crippen LogP contribution < -0.4 is 20.3 Å². The quantitative estimate of drug-likeness (QED) is 0.201. The van der Waals surface area contributed by atoms with Crippen molar-refractivity contribution in [3.63, 3.8) is 0 Å². The van der Waals surface area contributed by atoms with Crippen LogP contribution in [0.3, 0.4) is 0 Å². The zero-order valence-electron chi connectivity index (χ0n) is 24.6. The summed E-state index contributed by atoms with van der Waals surface area (Å²) in [6.07, 6.45) is -0.443. The van der Waals surface area contributed by atoms with Crippen molar-refractivity contribution >= 4 is 23.3 Å². The number of ether oxygens (including phenoxy) is 1. The maximum Gasteiger partial charge on any atom is 0.418 e. The first kappa shape index (κ1) is 31.0. The number of hydrogen-bond acceptors (Lipinski definition) is 6. The number of alkyl halides is 3. The number of fused-ring (bicyclic) bond motifs is 1. The van der Waals surface area contributed by atoms with Gasteiger partial charge in [0.2, 0.25) is 5.91 Å². The van der Waals surface area contributed by atoms with E-state index in [4.69, 9.17) is 4.74 Å². The number of hydrogen-bond donors (Lipinski definition) is 3. The lowest BCUT2D eigenvalue weighted by atomic mass is 9.77. The minimum Gasteiger partial charge on any atom is -0.490 e. The SMILES string of the molecule is O=C(CC1CCC(c2ccc(-c3ccc4c(c3)OCCN4C(=O)Nc3ccc(F)cc3C(F)(F)F)cc2)CC1)NCc1nn[nH]n1. The Morgan fingerprint density at radius 2 is 1.74 bits per heavy atom. The van der Waals surface area contributed by atoms with E-state index in [2.05, 4.69) is 43.4 Å². The number of carbonyl (C=O) groups excluding carboxylic acids is 2. The largest absolute Gasteiger partial charge is 0.490 e. The Morgan fingerprint density at radius 3 is 2.46 bits per heavy atom. The molecule has 240 valence electrons. The molecule has 46 heavy (non-hydrogen) atoms. The molecule has 0 atom stereocenters. The fourth-order valence-electron chi connectivity index (χ4n) is 6.07. The Hall–Kier alpha value is -5.01. The lowest BCUT2D eigenvalue weighted by Crippen LogP contribution is -2.41. The summed E-state index contributed by atoms with van der Waals surface area (Å²) in [7, 11) is 0. The maximum atomic E-state index is 13.5. The van der Waals surface area contributed by atoms with Crippen molar-refractivity contribution in [3.8, 4) is 16.9 Å². The summed E-state index contributed by atoms with van der Waals surface area (Å²) in [5.41, 5.74) is 1.67. The third-order valence-corrected chi connectivity index (χ3v) is 8.47. The average Bonchev–Trinajstić information content (AvgIpc) is 3.58. The van der Waals surface area contributed by atoms with Crippen molar-refractivity contribution in [3.05, 3.63) is 83.4 Å². The summed E-state index contributed by atoms with van der Waals surface area (Å²) in [5, 5.41) is 18.6. The third kappa shape index (κ3) is 7.11. The fourth-order valence-corrected chi connectivity index (χ4v) is 6.07. The number of nitrogens with one attached hydrogen (secondary N) is 3. The molecule has 6 rings (SSSR count). The van der Waals surface area contributed by atoms with Gasteiger partial charge in [-0.25, -0.2) is 9.18 Å². The van der Waals surface area contributed by atoms with Crippen LogP contribution in [-0.2, 0) is 17.5 Å². The first-order valence-corrected chi connectivity index (χ1v) is 15.0. The number of urea groups is 1. The van der Waals surface area contributed by atoms with E-state index in [1.807, 2.05) is 18.2 Å². The number of aromatic nitrogens is 4. The van der Waals surface area contributed by atoms with Gasteiger partial charge < -0.3 is 15.4 Å². The molecule has 14 heteroatoms. The molecular weight excluding hydrogens is 606 g/mol. The van der Waals surface area contributed by atoms with Crippen LogP contribution in [0.25, 0.3) is 11.1 Å². The van der Waals surface area contributed by atoms with Crippen molar-refractivity contribution in [1.29, 1.82) is 0 Å². The number of amides is 3. The molecule has 2 heterocycles. The predicted octanol–water partition coefficient (Wildman–Crippen LogP) is 6.44. The summed E-state index contributed by atoms with van der Waals surface area (Å²) in [6, 6.07) is 15.0. The third-order valence-electron chi connectivity index (χ3n) is 8.47. The van der Waals surface area contributed by atoms with Crippen molar-refractivity contribution in [2.75, 3.05) is 23.4 Å². The topological polar surface area (TPSA) is 125 Å². The number of halogens is 4. The molecular formula is C32H31F4N7O3. The number of rotatable bonds is 7. The number of aromatic amines is 1. The molecule has 3 amide bonds. The van der Waals surface area contributed by atoms with Gasteiger partial charge in [-0.1, -0.05) is 35.5 Å². The van der Waals surface area contributed by atoms with Crippen molar-refractivity contribution in [2.24, 2.45) is 5.92 Å². The second-order valence-electron chi connectivity index (χ2n) is 11.4. The molecule has 1 aliphatic heterocycles. The second kappa shape index (κ2) is 13.2. The second-order valence-corrected chi connectivity index (χ2v) is 11.4. The molecule has 10 nitrogen and oxygen atoms in total. The van der Waals surface area contributed by atoms with Gasteiger partial charge in [-0.2, -0.15) is 18.4 Å². The van der Waals surface area contributed by atoms with E-state index in [0.29, 0.717) is 41.6 Å². The van der Waals surface area contributed by atoms with Gasteiger partial charge in [0, 0.05) is 6.42 Å².